The van der Waals surface area contributed by atoms with E-state index in [2.05, 4.69) is 0 Å². The summed E-state index contributed by atoms with van der Waals surface area (Å²) in [6, 6.07) is 5.45. The fourth-order valence-corrected chi connectivity index (χ4v) is 1.47. The van der Waals surface area contributed by atoms with Crippen molar-refractivity contribution in [3.8, 4) is 0 Å². The fraction of sp³-hybridized carbons (Fsp3) is 0.333. The summed E-state index contributed by atoms with van der Waals surface area (Å²) in [5, 5.41) is 9.44. The van der Waals surface area contributed by atoms with Gasteiger partial charge in [0.25, 0.3) is 0 Å². The summed E-state index contributed by atoms with van der Waals surface area (Å²) in [7, 11) is 3.03. The predicted molar refractivity (Wildman–Crippen MR) is 70.1 cm³/mol. The molecule has 1 rings (SSSR count). The van der Waals surface area contributed by atoms with Crippen LogP contribution in [0.5, 0.6) is 0 Å². The first-order valence-corrected chi connectivity index (χ1v) is 5.71. The van der Waals surface area contributed by atoms with Gasteiger partial charge in [-0.1, -0.05) is 11.6 Å². The molecule has 0 aliphatic heterocycles. The normalized spacial score (nSPS) is 11.8. The number of likely N-dealkylation sites (N-methyl/N-ethyl adjacent to an activating group) is 1. The lowest BCUT2D eigenvalue weighted by Gasteiger charge is -2.27. The first-order chi connectivity index (χ1) is 8.34. The monoisotopic (exact) mass is 270 g/mol. The van der Waals surface area contributed by atoms with E-state index in [-0.39, 0.29) is 0 Å². The number of nitrogens with zero attached hydrogens (tertiary/aromatic N) is 2. The smallest absolute Gasteiger partial charge is 0.326 e. The molecule has 0 spiro atoms. The van der Waals surface area contributed by atoms with Gasteiger partial charge in [-0.25, -0.2) is 9.59 Å². The highest BCUT2D eigenvalue weighted by molar-refractivity contribution is 6.30. The summed E-state index contributed by atoms with van der Waals surface area (Å²) < 4.78 is 0. The molecule has 98 valence electrons. The van der Waals surface area contributed by atoms with Gasteiger partial charge in [-0.2, -0.15) is 0 Å². The number of carbonyl (C=O) groups excluding carboxylic acids is 1. The van der Waals surface area contributed by atoms with Crippen molar-refractivity contribution >= 4 is 29.3 Å². The second-order valence-corrected chi connectivity index (χ2v) is 4.38. The Morgan fingerprint density at radius 3 is 2.17 bits per heavy atom. The summed E-state index contributed by atoms with van der Waals surface area (Å²) in [5.74, 6) is -1.05. The lowest BCUT2D eigenvalue weighted by atomic mass is 10.3. The first-order valence-electron chi connectivity index (χ1n) is 5.33. The minimum absolute atomic E-state index is 0.396. The minimum atomic E-state index is -1.05. The summed E-state index contributed by atoms with van der Waals surface area (Å²) >= 11 is 5.76. The van der Waals surface area contributed by atoms with Gasteiger partial charge in [0.15, 0.2) is 0 Å². The zero-order valence-electron chi connectivity index (χ0n) is 10.4. The number of carboxylic acids is 1. The van der Waals surface area contributed by atoms with Gasteiger partial charge in [0.05, 0.1) is 0 Å². The third-order valence-corrected chi connectivity index (χ3v) is 2.99. The van der Waals surface area contributed by atoms with Crippen molar-refractivity contribution in [1.82, 2.24) is 4.90 Å². The molecular formula is C12H15ClN2O3. The van der Waals surface area contributed by atoms with Gasteiger partial charge < -0.3 is 10.0 Å². The van der Waals surface area contributed by atoms with Gasteiger partial charge >= 0.3 is 12.0 Å². The van der Waals surface area contributed by atoms with Crippen LogP contribution in [0.4, 0.5) is 10.5 Å². The number of hydrogen-bond acceptors (Lipinski definition) is 2. The average molecular weight is 271 g/mol. The van der Waals surface area contributed by atoms with Gasteiger partial charge in [-0.3, -0.25) is 4.90 Å². The van der Waals surface area contributed by atoms with Gasteiger partial charge in [0, 0.05) is 24.8 Å². The third-order valence-electron chi connectivity index (χ3n) is 2.74. The van der Waals surface area contributed by atoms with Crippen molar-refractivity contribution in [3.63, 3.8) is 0 Å². The summed E-state index contributed by atoms with van der Waals surface area (Å²) in [5.41, 5.74) is 0.647. The highest BCUT2D eigenvalue weighted by Gasteiger charge is 2.24. The standard InChI is InChI=1S/C12H15ClN2O3/c1-8(11(16)17)14(2)12(18)15(3)10-6-4-9(13)5-7-10/h4-8H,1-3H3,(H,16,17)/t8-/m0/s1. The molecule has 6 heteroatoms. The van der Waals surface area contributed by atoms with E-state index in [1.165, 1.54) is 18.9 Å². The van der Waals surface area contributed by atoms with E-state index in [0.717, 1.165) is 4.90 Å². The molecule has 0 aromatic heterocycles. The molecule has 0 aliphatic rings. The maximum Gasteiger partial charge on any atom is 0.326 e. The molecule has 0 heterocycles. The van der Waals surface area contributed by atoms with E-state index in [4.69, 9.17) is 16.7 Å². The number of carboxylic acid groups (broad SMARTS) is 1. The summed E-state index contributed by atoms with van der Waals surface area (Å²) in [6.45, 7) is 1.45. The molecule has 0 radical (unpaired) electrons. The number of carbonyl (C=O) groups is 2. The van der Waals surface area contributed by atoms with Crippen LogP contribution in [0, 0.1) is 0 Å². The van der Waals surface area contributed by atoms with E-state index in [1.807, 2.05) is 0 Å². The van der Waals surface area contributed by atoms with Crippen LogP contribution in [0.1, 0.15) is 6.92 Å². The Morgan fingerprint density at radius 1 is 1.22 bits per heavy atom. The van der Waals surface area contributed by atoms with Gasteiger partial charge in [0.2, 0.25) is 0 Å². The van der Waals surface area contributed by atoms with E-state index < -0.39 is 18.0 Å². The van der Waals surface area contributed by atoms with Gasteiger partial charge in [0.1, 0.15) is 6.04 Å². The number of halogens is 1. The van der Waals surface area contributed by atoms with Crippen LogP contribution in [-0.4, -0.2) is 42.1 Å². The Kier molecular flexibility index (Phi) is 4.55. The van der Waals surface area contributed by atoms with E-state index in [9.17, 15) is 9.59 Å². The molecule has 1 N–H and O–H groups in total. The van der Waals surface area contributed by atoms with Crippen molar-refractivity contribution in [2.24, 2.45) is 0 Å². The molecule has 1 aromatic rings. The SMILES string of the molecule is C[C@@H](C(=O)O)N(C)C(=O)N(C)c1ccc(Cl)cc1. The molecule has 1 aromatic carbocycles. The van der Waals surface area contributed by atoms with Crippen LogP contribution in [-0.2, 0) is 4.79 Å². The number of aliphatic carboxylic acids is 1. The van der Waals surface area contributed by atoms with Gasteiger partial charge in [-0.05, 0) is 31.2 Å². The molecule has 2 amide bonds. The highest BCUT2D eigenvalue weighted by Crippen LogP contribution is 2.18. The third kappa shape index (κ3) is 3.13. The molecule has 0 fully saturated rings. The summed E-state index contributed by atoms with van der Waals surface area (Å²) in [4.78, 5) is 25.4. The average Bonchev–Trinajstić information content (AvgIpc) is 2.36. The number of hydrogen-bond donors (Lipinski definition) is 1. The van der Waals surface area contributed by atoms with Crippen LogP contribution in [0.3, 0.4) is 0 Å². The maximum absolute atomic E-state index is 12.0. The molecule has 0 aliphatic carbocycles. The Bertz CT molecular complexity index is 447. The largest absolute Gasteiger partial charge is 0.480 e. The molecule has 0 saturated carbocycles. The van der Waals surface area contributed by atoms with Gasteiger partial charge in [-0.15, -0.1) is 0 Å². The second kappa shape index (κ2) is 5.73. The van der Waals surface area contributed by atoms with Crippen LogP contribution in [0.2, 0.25) is 5.02 Å². The summed E-state index contributed by atoms with van der Waals surface area (Å²) in [6.07, 6.45) is 0. The van der Waals surface area contributed by atoms with Crippen molar-refractivity contribution in [3.05, 3.63) is 29.3 Å². The first kappa shape index (κ1) is 14.3. The molecule has 5 nitrogen and oxygen atoms in total. The van der Waals surface area contributed by atoms with Crippen molar-refractivity contribution in [2.75, 3.05) is 19.0 Å². The highest BCUT2D eigenvalue weighted by atomic mass is 35.5. The Morgan fingerprint density at radius 2 is 1.72 bits per heavy atom. The van der Waals surface area contributed by atoms with E-state index in [0.29, 0.717) is 10.7 Å². The number of rotatable bonds is 3. The molecule has 0 unspecified atom stereocenters. The number of urea groups is 1. The Hall–Kier alpha value is -1.75. The lowest BCUT2D eigenvalue weighted by Crippen LogP contribution is -2.46. The molecule has 18 heavy (non-hydrogen) atoms. The molecular weight excluding hydrogens is 256 g/mol. The Labute approximate surface area is 111 Å². The number of benzene rings is 1. The zero-order valence-corrected chi connectivity index (χ0v) is 11.2. The second-order valence-electron chi connectivity index (χ2n) is 3.94. The number of amides is 2. The minimum Gasteiger partial charge on any atom is -0.480 e. The molecule has 0 bridgehead atoms. The molecule has 1 atom stereocenters. The van der Waals surface area contributed by atoms with E-state index in [1.54, 1.807) is 31.3 Å². The predicted octanol–water partition coefficient (Wildman–Crippen LogP) is 2.30. The van der Waals surface area contributed by atoms with E-state index >= 15 is 0 Å². The zero-order chi connectivity index (χ0) is 13.9. The fourth-order valence-electron chi connectivity index (χ4n) is 1.34. The van der Waals surface area contributed by atoms with Crippen LogP contribution in [0.25, 0.3) is 0 Å². The maximum atomic E-state index is 12.0. The van der Waals surface area contributed by atoms with Crippen LogP contribution < -0.4 is 4.90 Å². The topological polar surface area (TPSA) is 60.9 Å². The van der Waals surface area contributed by atoms with Crippen LogP contribution in [0.15, 0.2) is 24.3 Å². The number of anilines is 1. The van der Waals surface area contributed by atoms with Crippen molar-refractivity contribution < 1.29 is 14.7 Å². The van der Waals surface area contributed by atoms with Crippen molar-refractivity contribution in [1.29, 1.82) is 0 Å². The lowest BCUT2D eigenvalue weighted by molar-refractivity contribution is -0.141. The molecule has 0 saturated heterocycles. The quantitative estimate of drug-likeness (QED) is 0.917. The van der Waals surface area contributed by atoms with Crippen LogP contribution >= 0.6 is 11.6 Å². The van der Waals surface area contributed by atoms with Crippen molar-refractivity contribution in [2.45, 2.75) is 13.0 Å². The Balaban J connectivity index is 2.84.